The van der Waals surface area contributed by atoms with Gasteiger partial charge < -0.3 is 19.2 Å². The first kappa shape index (κ1) is 104. The fraction of sp³-hybridized carbons (Fsp3) is 0.229. The third-order valence-corrected chi connectivity index (χ3v) is 24.0. The lowest BCUT2D eigenvalue weighted by atomic mass is 8.21. The van der Waals surface area contributed by atoms with E-state index in [1.165, 1.54) is 16.7 Å². The number of methoxy groups -OCH3 is 2. The minimum Gasteiger partial charge on any atom is -0.497 e. The molecule has 75 radical (unpaired) electrons. The highest BCUT2D eigenvalue weighted by molar-refractivity contribution is 8.40. The Balaban J connectivity index is 0.000000407. The molecule has 2 aliphatic heterocycles. The molecular formula is C35H30B73FN3O3. The normalized spacial score (nSPS) is 12.6. The molecule has 0 amide bonds. The lowest BCUT2D eigenvalue weighted by molar-refractivity contribution is 0.127. The molecular weight excluding hydrogens is 1320 g/mol. The molecule has 3 heterocycles. The van der Waals surface area contributed by atoms with Crippen molar-refractivity contribution in [2.75, 3.05) is 20.8 Å². The molecule has 5 aromatic rings. The minimum atomic E-state index is -1.76. The summed E-state index contributed by atoms with van der Waals surface area (Å²) >= 11 is 0. The van der Waals surface area contributed by atoms with Crippen molar-refractivity contribution < 1.29 is 18.6 Å². The number of hydrogen-bond donors (Lipinski definition) is 1. The van der Waals surface area contributed by atoms with Gasteiger partial charge in [-0.05, 0) is 83.1 Å². The molecule has 80 heteroatoms. The van der Waals surface area contributed by atoms with Crippen LogP contribution in [0.4, 0.5) is 10.1 Å². The quantitative estimate of drug-likeness (QED) is 0.0313. The van der Waals surface area contributed by atoms with E-state index in [-0.39, 0.29) is 17.9 Å². The van der Waals surface area contributed by atoms with Gasteiger partial charge in [-0.25, -0.2) is 9.24 Å². The van der Waals surface area contributed by atoms with Gasteiger partial charge in [0.2, 0.25) is 0 Å². The number of rotatable bonds is 41. The van der Waals surface area contributed by atoms with Crippen molar-refractivity contribution in [3.63, 3.8) is 0 Å². The van der Waals surface area contributed by atoms with Crippen LogP contribution in [0.2, 0.25) is 0 Å². The van der Waals surface area contributed by atoms with Crippen LogP contribution >= 0.6 is 0 Å². The van der Waals surface area contributed by atoms with Crippen LogP contribution in [-0.2, 0) is 19.4 Å². The number of benzene rings is 4. The van der Waals surface area contributed by atoms with Crippen molar-refractivity contribution in [1.82, 2.24) is 9.88 Å². The van der Waals surface area contributed by atoms with E-state index < -0.39 is 223 Å². The third kappa shape index (κ3) is 25.0. The summed E-state index contributed by atoms with van der Waals surface area (Å²) in [4.78, 5) is 9.70. The zero-order chi connectivity index (χ0) is 86.7. The Morgan fingerprint density at radius 3 is 1.10 bits per heavy atom. The first-order valence-electron chi connectivity index (χ1n) is 38.1. The predicted molar refractivity (Wildman–Crippen MR) is 580 cm³/mol. The highest BCUT2D eigenvalue weighted by Crippen LogP contribution is 2.50. The van der Waals surface area contributed by atoms with Crippen molar-refractivity contribution in [2.24, 2.45) is 0 Å². The van der Waals surface area contributed by atoms with Gasteiger partial charge in [0.15, 0.2) is 17.2 Å². The number of H-pyrrole nitrogens is 1. The van der Waals surface area contributed by atoms with Gasteiger partial charge in [-0.1, -0.05) is 36.4 Å². The van der Waals surface area contributed by atoms with Crippen LogP contribution in [0.15, 0.2) is 78.9 Å². The maximum Gasteiger partial charge on any atom is 0.187 e. The highest BCUT2D eigenvalue weighted by atomic mass is 19.1. The standard InChI is InChI=1S/C35H30FN3O3.B73/c1-37-25-10-4-21(5-11-25)20-42-33-16-23-14-15-39-31(27(23)19-32(33)41-3)18-29-28-17-26(40-2)12-13-30(28)38-34(29)35(39)22-6-8-24(36)9-7-22;1-38-57(39(2)3)66(56(36)37)71(67(58(40(4)5)41(6)7)59(42(8)9)43(10)11)73(70(64(52(28)29)53(30)31)65(54(32)33)55(34)35)72(68(60(44(12)13)45(14)15)61(46(16)17)47(18)19)69(62(48(20)21)49(22)23)63(50(24)25)51(26)27/h4-13,16-17,19,31,35,38H,14-15,18,20H2,2-3H3;. The molecule has 115 heavy (non-hydrogen) atoms. The maximum atomic E-state index is 14.0. The second-order valence-electron chi connectivity index (χ2n) is 31.3. The third-order valence-electron chi connectivity index (χ3n) is 24.0. The molecule has 0 spiro atoms. The van der Waals surface area contributed by atoms with E-state index in [1.807, 2.05) is 30.3 Å². The van der Waals surface area contributed by atoms with Gasteiger partial charge in [0, 0.05) is 546 Å². The average Bonchev–Trinajstić information content (AvgIpc) is 1.63. The Bertz CT molecular complexity index is 3610. The molecule has 0 bridgehead atoms. The van der Waals surface area contributed by atoms with E-state index in [9.17, 15) is 4.39 Å². The molecule has 2 aliphatic rings. The van der Waals surface area contributed by atoms with Crippen LogP contribution < -0.4 is 14.2 Å². The SMILES string of the molecule is [B][B]B(B([B])[B])B(B([B])[B])B(B(B(B([B])[B])B([B])[B])B(B([B])[B])B([B])[B])B(B(B(B([B])[B])B([B])[B])B(B([B])[B])B([B])[B])B(B(B(B([B])[B])B([B])[B])B(B([B])[B])B([B])[B])B(B(B([B])[B])B([B])[B])B(B([B])[B])B([B])[B].[C-]#[N+]c1ccc(COc2cc3c(cc2OC)C2Cc4c([nH]c5ccc(OC)cc45)C(c4ccc(F)cc4)N2CC3)cc1. The van der Waals surface area contributed by atoms with E-state index in [2.05, 4.69) is 39.0 Å². The van der Waals surface area contributed by atoms with Crippen molar-refractivity contribution in [1.29, 1.82) is 0 Å². The van der Waals surface area contributed by atoms with E-state index in [0.29, 0.717) is 23.8 Å². The summed E-state index contributed by atoms with van der Waals surface area (Å²) in [5.41, 5.74) is 8.60. The number of nitrogens with zero attached hydrogens (tertiary/aromatic N) is 2. The Morgan fingerprint density at radius 1 is 0.426 bits per heavy atom. The second kappa shape index (κ2) is 47.0. The van der Waals surface area contributed by atoms with Crippen molar-refractivity contribution >= 4 is 533 Å². The number of aromatic amines is 1. The van der Waals surface area contributed by atoms with Crippen molar-refractivity contribution in [3.8, 4) is 17.2 Å². The molecule has 1 N–H and O–H groups in total. The second-order valence-corrected chi connectivity index (χ2v) is 31.3. The molecule has 0 fully saturated rings. The number of hydrogen-bond acceptors (Lipinski definition) is 4. The average molecular weight is 1350 g/mol. The zero-order valence-corrected chi connectivity index (χ0v) is 65.6. The van der Waals surface area contributed by atoms with Crippen molar-refractivity contribution in [3.05, 3.63) is 130 Å². The smallest absolute Gasteiger partial charge is 0.187 e. The largest absolute Gasteiger partial charge is 0.497 e. The Kier molecular flexibility index (Phi) is 42.3. The molecule has 6 nitrogen and oxygen atoms in total. The maximum absolute atomic E-state index is 14.0. The summed E-state index contributed by atoms with van der Waals surface area (Å²) < 4.78 is 31.7. The number of fused-ring (bicyclic) bond motifs is 6. The number of ether oxygens (including phenoxy) is 3. The molecule has 0 aliphatic carbocycles. The van der Waals surface area contributed by atoms with Gasteiger partial charge >= 0.3 is 0 Å². The molecule has 4 aromatic carbocycles. The topological polar surface area (TPSA) is 51.1 Å². The fourth-order valence-electron chi connectivity index (χ4n) is 19.4. The summed E-state index contributed by atoms with van der Waals surface area (Å²) in [6, 6.07) is 24.8. The summed E-state index contributed by atoms with van der Waals surface area (Å²) in [6.07, 6.45) is -53.4. The monoisotopic (exact) mass is 1360 g/mol. The summed E-state index contributed by atoms with van der Waals surface area (Å²) in [5.74, 6) is 1.98. The Morgan fingerprint density at radius 2 is 0.783 bits per heavy atom. The van der Waals surface area contributed by atoms with E-state index >= 15 is 0 Å². The van der Waals surface area contributed by atoms with E-state index in [4.69, 9.17) is 307 Å². The van der Waals surface area contributed by atoms with Crippen LogP contribution in [0.25, 0.3) is 15.7 Å². The van der Waals surface area contributed by atoms with Gasteiger partial charge in [-0.3, -0.25) is 4.90 Å². The summed E-state index contributed by atoms with van der Waals surface area (Å²) in [7, 11) is 255. The molecule has 2 unspecified atom stereocenters. The Labute approximate surface area is 754 Å². The van der Waals surface area contributed by atoms with Crippen molar-refractivity contribution in [2.45, 2.75) is 31.5 Å². The summed E-state index contributed by atoms with van der Waals surface area (Å²) in [6.45, 7) is 8.40. The lowest BCUT2D eigenvalue weighted by Gasteiger charge is -2.60. The summed E-state index contributed by atoms with van der Waals surface area (Å²) in [5, 5.41) is 1.15. The van der Waals surface area contributed by atoms with Gasteiger partial charge in [-0.15, -0.1) is 0 Å². The van der Waals surface area contributed by atoms with Crippen LogP contribution in [0.5, 0.6) is 17.2 Å². The fourth-order valence-corrected chi connectivity index (χ4v) is 19.4. The zero-order valence-electron chi connectivity index (χ0n) is 65.6. The Hall–Kier alpha value is -0.0597. The highest BCUT2D eigenvalue weighted by Gasteiger charge is 2.65. The van der Waals surface area contributed by atoms with Gasteiger partial charge in [-0.2, -0.15) is 0 Å². The molecule has 0 saturated heterocycles. The lowest BCUT2D eigenvalue weighted by Crippen LogP contribution is -2.99. The molecule has 0 saturated carbocycles. The molecule has 429 valence electrons. The first-order chi connectivity index (χ1) is 53.8. The van der Waals surface area contributed by atoms with Gasteiger partial charge in [0.05, 0.1) is 26.8 Å². The molecule has 1 aromatic heterocycles. The van der Waals surface area contributed by atoms with Gasteiger partial charge in [0.25, 0.3) is 0 Å². The number of halogens is 1. The molecule has 2 atom stereocenters. The van der Waals surface area contributed by atoms with Crippen LogP contribution in [0, 0.1) is 12.4 Å². The first-order valence-corrected chi connectivity index (χ1v) is 38.1. The van der Waals surface area contributed by atoms with Crippen LogP contribution in [0.1, 0.15) is 45.6 Å². The van der Waals surface area contributed by atoms with E-state index in [1.54, 1.807) is 38.5 Å². The van der Waals surface area contributed by atoms with Gasteiger partial charge in [0.1, 0.15) is 18.2 Å². The predicted octanol–water partition coefficient (Wildman–Crippen LogP) is -20.1. The minimum absolute atomic E-state index is 0.0498. The van der Waals surface area contributed by atoms with Crippen LogP contribution in [0.3, 0.4) is 0 Å². The van der Waals surface area contributed by atoms with Crippen LogP contribution in [-0.4, -0.2) is 547 Å². The van der Waals surface area contributed by atoms with E-state index in [0.717, 1.165) is 59.9 Å². The number of aromatic nitrogens is 1. The number of nitrogens with one attached hydrogen (secondary N) is 1. The molecule has 7 rings (SSSR count).